The van der Waals surface area contributed by atoms with Gasteiger partial charge in [-0.2, -0.15) is 0 Å². The summed E-state index contributed by atoms with van der Waals surface area (Å²) in [6, 6.07) is 0. The summed E-state index contributed by atoms with van der Waals surface area (Å²) in [6.07, 6.45) is 2.05. The van der Waals surface area contributed by atoms with Crippen LogP contribution in [0.15, 0.2) is 0 Å². The van der Waals surface area contributed by atoms with Gasteiger partial charge in [-0.05, 0) is 12.8 Å². The van der Waals surface area contributed by atoms with E-state index in [1.165, 1.54) is 0 Å². The molecule has 7 nitrogen and oxygen atoms in total. The second-order valence-electron chi connectivity index (χ2n) is 2.29. The van der Waals surface area contributed by atoms with Crippen molar-refractivity contribution >= 4 is 29.5 Å². The van der Waals surface area contributed by atoms with Crippen LogP contribution in [0.4, 0.5) is 0 Å². The quantitative estimate of drug-likeness (QED) is 0.741. The van der Waals surface area contributed by atoms with Crippen LogP contribution >= 0.6 is 0 Å². The molecular weight excluding hydrogens is 281 g/mol. The molecule has 0 unspecified atom stereocenters. The van der Waals surface area contributed by atoms with Gasteiger partial charge in [0, 0.05) is 12.8 Å². The summed E-state index contributed by atoms with van der Waals surface area (Å²) in [7, 11) is 0. The molecule has 0 saturated carbocycles. The molecule has 0 aromatic rings. The van der Waals surface area contributed by atoms with Gasteiger partial charge >= 0.3 is 29.5 Å². The van der Waals surface area contributed by atoms with Gasteiger partial charge in [0.2, 0.25) is 0 Å². The van der Waals surface area contributed by atoms with Crippen molar-refractivity contribution in [1.82, 2.24) is 0 Å². The second kappa shape index (κ2) is 29.3. The topological polar surface area (TPSA) is 160 Å². The number of aliphatic carboxylic acids is 2. The zero-order chi connectivity index (χ0) is 9.98. The Morgan fingerprint density at radius 3 is 1.00 bits per heavy atom. The van der Waals surface area contributed by atoms with E-state index in [0.717, 1.165) is 12.8 Å². The van der Waals surface area contributed by atoms with Crippen LogP contribution in [0, 0.1) is 0 Å². The van der Waals surface area contributed by atoms with Gasteiger partial charge in [-0.3, -0.25) is 9.59 Å². The maximum Gasteiger partial charge on any atom is 4.00 e. The maximum atomic E-state index is 9.60. The summed E-state index contributed by atoms with van der Waals surface area (Å²) in [4.78, 5) is 19.2. The molecule has 96 valence electrons. The number of hydrogen-bond donors (Lipinski definition) is 2. The van der Waals surface area contributed by atoms with Gasteiger partial charge < -0.3 is 26.6 Å². The van der Waals surface area contributed by atoms with Crippen LogP contribution in [-0.4, -0.2) is 39.7 Å². The fourth-order valence-corrected chi connectivity index (χ4v) is 0.428. The molecule has 0 spiro atoms. The Bertz CT molecular complexity index is 124. The number of hydrogen-bond acceptors (Lipinski definition) is 2. The first-order chi connectivity index (χ1) is 5.54. The normalized spacial score (nSPS) is 6.12. The van der Waals surface area contributed by atoms with Crippen molar-refractivity contribution in [3.63, 3.8) is 0 Å². The average Bonchev–Trinajstić information content (AvgIpc) is 1.87. The van der Waals surface area contributed by atoms with Gasteiger partial charge in [-0.15, -0.1) is 0 Å². The minimum absolute atomic E-state index is 0. The van der Waals surface area contributed by atoms with Gasteiger partial charge in [0.1, 0.15) is 0 Å². The van der Waals surface area contributed by atoms with Crippen molar-refractivity contribution in [3.8, 4) is 0 Å². The Balaban J connectivity index is -0.0000000250. The number of rotatable bonds is 4. The third kappa shape index (κ3) is 71.0. The summed E-state index contributed by atoms with van der Waals surface area (Å²) < 4.78 is 0. The molecular formula is C8H16GeO7-2. The van der Waals surface area contributed by atoms with Gasteiger partial charge in [-0.1, -0.05) is 13.8 Å². The van der Waals surface area contributed by atoms with E-state index in [1.54, 1.807) is 0 Å². The SMILES string of the molecule is CCCC(=O)O.CCCC(=O)O.[Ge+4].[O-2].[O-2].[O-2]. The molecule has 0 aliphatic heterocycles. The van der Waals surface area contributed by atoms with E-state index in [2.05, 4.69) is 0 Å². The third-order valence-electron chi connectivity index (χ3n) is 0.928. The summed E-state index contributed by atoms with van der Waals surface area (Å²) in [5.41, 5.74) is 0. The number of carboxylic acids is 2. The van der Waals surface area contributed by atoms with E-state index in [1.807, 2.05) is 13.8 Å². The van der Waals surface area contributed by atoms with Crippen LogP contribution in [-0.2, 0) is 26.0 Å². The Labute approximate surface area is 106 Å². The third-order valence-corrected chi connectivity index (χ3v) is 0.928. The summed E-state index contributed by atoms with van der Waals surface area (Å²) in [5, 5.41) is 15.8. The fraction of sp³-hybridized carbons (Fsp3) is 0.750. The second-order valence-corrected chi connectivity index (χ2v) is 2.29. The number of carboxylic acid groups (broad SMARTS) is 2. The summed E-state index contributed by atoms with van der Waals surface area (Å²) in [5.74, 6) is -1.42. The van der Waals surface area contributed by atoms with Crippen molar-refractivity contribution in [3.05, 3.63) is 0 Å². The van der Waals surface area contributed by atoms with Crippen molar-refractivity contribution in [2.75, 3.05) is 0 Å². The molecule has 0 amide bonds. The zero-order valence-corrected chi connectivity index (χ0v) is 11.4. The van der Waals surface area contributed by atoms with Crippen LogP contribution in [0.1, 0.15) is 39.5 Å². The molecule has 0 fully saturated rings. The van der Waals surface area contributed by atoms with Crippen LogP contribution in [0.2, 0.25) is 0 Å². The molecule has 2 N–H and O–H groups in total. The van der Waals surface area contributed by atoms with Crippen LogP contribution < -0.4 is 0 Å². The molecule has 0 heterocycles. The molecule has 0 rings (SSSR count). The molecule has 0 aromatic carbocycles. The Morgan fingerprint density at radius 2 is 1.00 bits per heavy atom. The molecule has 0 saturated heterocycles. The van der Waals surface area contributed by atoms with Crippen LogP contribution in [0.3, 0.4) is 0 Å². The van der Waals surface area contributed by atoms with Gasteiger partial charge in [-0.25, -0.2) is 0 Å². The molecule has 0 aromatic heterocycles. The first-order valence-corrected chi connectivity index (χ1v) is 3.98. The monoisotopic (exact) mass is 298 g/mol. The van der Waals surface area contributed by atoms with Crippen molar-refractivity contribution in [2.45, 2.75) is 39.5 Å². The number of carbonyl (C=O) groups is 2. The van der Waals surface area contributed by atoms with E-state index in [9.17, 15) is 9.59 Å². The molecule has 0 aliphatic rings. The summed E-state index contributed by atoms with van der Waals surface area (Å²) >= 11 is 0. The van der Waals surface area contributed by atoms with E-state index in [4.69, 9.17) is 10.2 Å². The van der Waals surface area contributed by atoms with Crippen molar-refractivity contribution < 1.29 is 36.2 Å². The predicted molar refractivity (Wildman–Crippen MR) is 52.9 cm³/mol. The molecule has 16 heavy (non-hydrogen) atoms. The molecule has 0 atom stereocenters. The van der Waals surface area contributed by atoms with E-state index >= 15 is 0 Å². The first-order valence-electron chi connectivity index (χ1n) is 3.98. The minimum Gasteiger partial charge on any atom is -2.00 e. The molecule has 0 aliphatic carbocycles. The van der Waals surface area contributed by atoms with Crippen LogP contribution in [0.25, 0.3) is 0 Å². The largest absolute Gasteiger partial charge is 4.00 e. The molecule has 0 radical (unpaired) electrons. The zero-order valence-electron chi connectivity index (χ0n) is 9.26. The van der Waals surface area contributed by atoms with Crippen molar-refractivity contribution in [2.24, 2.45) is 0 Å². The first kappa shape index (κ1) is 36.2. The fourth-order valence-electron chi connectivity index (χ4n) is 0.428. The minimum atomic E-state index is -0.711. The predicted octanol–water partition coefficient (Wildman–Crippen LogP) is 1.01. The van der Waals surface area contributed by atoms with E-state index in [-0.39, 0.29) is 34.0 Å². The van der Waals surface area contributed by atoms with E-state index < -0.39 is 11.9 Å². The van der Waals surface area contributed by atoms with Gasteiger partial charge in [0.25, 0.3) is 0 Å². The van der Waals surface area contributed by atoms with E-state index in [0.29, 0.717) is 12.8 Å². The Kier molecular flexibility index (Phi) is 66.1. The average molecular weight is 297 g/mol. The standard InChI is InChI=1S/2C4H8O2.Ge.3O/c2*1-2-3-4(5)6;;;;/h2*2-3H2,1H3,(H,5,6);;;;/q;;+4;3*-2. The molecule has 8 heteroatoms. The van der Waals surface area contributed by atoms with Crippen molar-refractivity contribution in [1.29, 1.82) is 0 Å². The Morgan fingerprint density at radius 1 is 0.812 bits per heavy atom. The molecule has 0 bridgehead atoms. The maximum absolute atomic E-state index is 9.60. The van der Waals surface area contributed by atoms with Crippen LogP contribution in [0.5, 0.6) is 0 Å². The van der Waals surface area contributed by atoms with Gasteiger partial charge in [0.15, 0.2) is 0 Å². The summed E-state index contributed by atoms with van der Waals surface area (Å²) in [6.45, 7) is 3.68. The van der Waals surface area contributed by atoms with Gasteiger partial charge in [0.05, 0.1) is 0 Å². The smallest absolute Gasteiger partial charge is 2.00 e. The Hall–Kier alpha value is -0.637.